The summed E-state index contributed by atoms with van der Waals surface area (Å²) in [7, 11) is -11.6. The molecule has 4 aromatic carbocycles. The van der Waals surface area contributed by atoms with Crippen LogP contribution in [-0.4, -0.2) is 56.5 Å². The zero-order valence-corrected chi connectivity index (χ0v) is 36.1. The highest BCUT2D eigenvalue weighted by molar-refractivity contribution is 7.90. The van der Waals surface area contributed by atoms with E-state index in [0.717, 1.165) is 28.8 Å². The predicted molar refractivity (Wildman–Crippen MR) is 215 cm³/mol. The fourth-order valence-electron chi connectivity index (χ4n) is 6.74. The minimum Gasteiger partial charge on any atom is -0.491 e. The second-order valence-electron chi connectivity index (χ2n) is 14.3. The second-order valence-corrected chi connectivity index (χ2v) is 19.1. The van der Waals surface area contributed by atoms with Gasteiger partial charge in [0.25, 0.3) is 16.0 Å². The first-order valence-electron chi connectivity index (χ1n) is 17.7. The summed E-state index contributed by atoms with van der Waals surface area (Å²) in [6, 6.07) is 12.8. The third-order valence-electron chi connectivity index (χ3n) is 8.48. The molecule has 0 saturated heterocycles. The molecule has 0 radical (unpaired) electrons. The van der Waals surface area contributed by atoms with E-state index in [-0.39, 0.29) is 39.2 Å². The van der Waals surface area contributed by atoms with Crippen molar-refractivity contribution in [3.05, 3.63) is 116 Å². The zero-order chi connectivity index (χ0) is 42.5. The number of hydrogen-bond donors (Lipinski definition) is 3. The van der Waals surface area contributed by atoms with Gasteiger partial charge in [0.15, 0.2) is 0 Å². The molecule has 306 valence electrons. The molecule has 0 fully saturated rings. The van der Waals surface area contributed by atoms with E-state index in [4.69, 9.17) is 14.7 Å². The SMILES string of the molecule is Cc1cc(C)c(S(=O)(=O)N[C@@H](C)COS(=O)(=O)c2c(C)cc(C)cc2C)c(C)c1.Cc1cc(C)c(S(=O)(=O)N[C@@H](C)COc2ccc(F)cc2C(N)=O)c(C)c1. The van der Waals surface area contributed by atoms with Crippen molar-refractivity contribution < 1.29 is 43.4 Å². The monoisotopic (exact) mass is 833 g/mol. The quantitative estimate of drug-likeness (QED) is 0.124. The number of primary amides is 1. The number of nitrogens with one attached hydrogen (secondary N) is 2. The van der Waals surface area contributed by atoms with Crippen molar-refractivity contribution in [1.82, 2.24) is 9.44 Å². The molecule has 2 atom stereocenters. The van der Waals surface area contributed by atoms with Crippen LogP contribution < -0.4 is 19.9 Å². The van der Waals surface area contributed by atoms with Crippen LogP contribution in [0.15, 0.2) is 69.3 Å². The summed E-state index contributed by atoms with van der Waals surface area (Å²) in [5.41, 5.74) is 11.8. The van der Waals surface area contributed by atoms with Crippen LogP contribution in [0.5, 0.6) is 5.75 Å². The second kappa shape index (κ2) is 18.4. The van der Waals surface area contributed by atoms with Gasteiger partial charge >= 0.3 is 0 Å². The first-order valence-corrected chi connectivity index (χ1v) is 22.0. The molecule has 0 saturated carbocycles. The largest absolute Gasteiger partial charge is 0.491 e. The van der Waals surface area contributed by atoms with E-state index < -0.39 is 54.0 Å². The Kier molecular flexibility index (Phi) is 15.2. The van der Waals surface area contributed by atoms with Gasteiger partial charge in [0.2, 0.25) is 20.0 Å². The highest BCUT2D eigenvalue weighted by Gasteiger charge is 2.26. The number of amides is 1. The Morgan fingerprint density at radius 1 is 0.607 bits per heavy atom. The van der Waals surface area contributed by atoms with E-state index in [1.165, 1.54) is 6.07 Å². The molecule has 0 aliphatic rings. The molecule has 0 aromatic heterocycles. The fourth-order valence-corrected chi connectivity index (χ4v) is 11.5. The van der Waals surface area contributed by atoms with Crippen molar-refractivity contribution in [2.45, 2.75) is 103 Å². The van der Waals surface area contributed by atoms with Gasteiger partial charge in [0.1, 0.15) is 18.2 Å². The summed E-state index contributed by atoms with van der Waals surface area (Å²) in [6.07, 6.45) is 0. The summed E-state index contributed by atoms with van der Waals surface area (Å²) < 4.78 is 105. The van der Waals surface area contributed by atoms with Crippen LogP contribution in [0.3, 0.4) is 0 Å². The van der Waals surface area contributed by atoms with Gasteiger partial charge in [0, 0.05) is 6.04 Å². The lowest BCUT2D eigenvalue weighted by molar-refractivity contribution is 0.0995. The standard InChI is InChI=1S/C21H29NO5S2.C19H23FN2O4S/c1-13-8-15(3)20(16(4)9-13)28(23,24)22-19(7)12-27-29(25,26)21-17(5)10-14(2)11-18(21)6;1-11-7-12(2)18(13(3)8-11)27(24,25)22-14(4)10-26-17-6-5-15(20)9-16(17)19(21)23/h8-11,19,22H,12H2,1-7H3;5-9,14,22H,10H2,1-4H3,(H2,21,23)/t19-;14-/m00/s1. The Bertz CT molecular complexity index is 2380. The van der Waals surface area contributed by atoms with Gasteiger partial charge in [-0.05, 0) is 128 Å². The van der Waals surface area contributed by atoms with E-state index in [1.807, 2.05) is 20.8 Å². The molecule has 0 bridgehead atoms. The van der Waals surface area contributed by atoms with Crippen molar-refractivity contribution in [3.63, 3.8) is 0 Å². The molecule has 56 heavy (non-hydrogen) atoms. The molecule has 0 spiro atoms. The fraction of sp³-hybridized carbons (Fsp3) is 0.375. The lowest BCUT2D eigenvalue weighted by atomic mass is 10.1. The zero-order valence-electron chi connectivity index (χ0n) is 33.6. The van der Waals surface area contributed by atoms with Crippen LogP contribution >= 0.6 is 0 Å². The Labute approximate surface area is 331 Å². The molecule has 12 nitrogen and oxygen atoms in total. The van der Waals surface area contributed by atoms with Crippen molar-refractivity contribution in [3.8, 4) is 5.75 Å². The van der Waals surface area contributed by atoms with Crippen molar-refractivity contribution in [2.24, 2.45) is 5.73 Å². The Morgan fingerprint density at radius 3 is 1.34 bits per heavy atom. The highest BCUT2D eigenvalue weighted by atomic mass is 32.2. The summed E-state index contributed by atoms with van der Waals surface area (Å²) in [6.45, 7) is 18.9. The van der Waals surface area contributed by atoms with Gasteiger partial charge in [-0.2, -0.15) is 8.42 Å². The minimum absolute atomic E-state index is 0.0604. The Hall–Kier alpha value is -4.19. The highest BCUT2D eigenvalue weighted by Crippen LogP contribution is 2.26. The van der Waals surface area contributed by atoms with Gasteiger partial charge in [-0.25, -0.2) is 30.7 Å². The van der Waals surface area contributed by atoms with Gasteiger partial charge in [-0.1, -0.05) is 53.1 Å². The van der Waals surface area contributed by atoms with Crippen molar-refractivity contribution in [2.75, 3.05) is 13.2 Å². The van der Waals surface area contributed by atoms with Crippen LogP contribution in [0.2, 0.25) is 0 Å². The Morgan fingerprint density at radius 2 is 0.964 bits per heavy atom. The summed E-state index contributed by atoms with van der Waals surface area (Å²) in [4.78, 5) is 12.0. The first kappa shape index (κ1) is 46.2. The van der Waals surface area contributed by atoms with Crippen LogP contribution in [0.1, 0.15) is 74.3 Å². The van der Waals surface area contributed by atoms with Crippen LogP contribution in [0, 0.1) is 68.1 Å². The number of nitrogens with two attached hydrogens (primary N) is 1. The summed E-state index contributed by atoms with van der Waals surface area (Å²) in [5.74, 6) is -1.35. The van der Waals surface area contributed by atoms with E-state index >= 15 is 0 Å². The number of sulfonamides is 2. The van der Waals surface area contributed by atoms with Crippen molar-refractivity contribution >= 4 is 36.1 Å². The smallest absolute Gasteiger partial charge is 0.297 e. The molecular weight excluding hydrogens is 782 g/mol. The molecule has 4 rings (SSSR count). The first-order chi connectivity index (χ1) is 25.7. The third kappa shape index (κ3) is 11.9. The normalized spacial score (nSPS) is 13.1. The number of aryl methyl sites for hydroxylation is 9. The molecule has 0 unspecified atom stereocenters. The van der Waals surface area contributed by atoms with Gasteiger partial charge < -0.3 is 10.5 Å². The number of benzene rings is 4. The van der Waals surface area contributed by atoms with Crippen LogP contribution in [0.4, 0.5) is 4.39 Å². The molecular formula is C40H52FN3O9S3. The third-order valence-corrected chi connectivity index (χ3v) is 13.9. The molecule has 16 heteroatoms. The van der Waals surface area contributed by atoms with E-state index in [0.29, 0.717) is 33.4 Å². The maximum Gasteiger partial charge on any atom is 0.297 e. The van der Waals surface area contributed by atoms with E-state index in [2.05, 4.69) is 9.44 Å². The van der Waals surface area contributed by atoms with E-state index in [1.54, 1.807) is 91.8 Å². The molecule has 1 amide bonds. The van der Waals surface area contributed by atoms with Gasteiger partial charge in [-0.15, -0.1) is 0 Å². The lowest BCUT2D eigenvalue weighted by Crippen LogP contribution is -2.37. The number of hydrogen-bond acceptors (Lipinski definition) is 9. The summed E-state index contributed by atoms with van der Waals surface area (Å²) in [5, 5.41) is 0. The number of ether oxygens (including phenoxy) is 1. The number of carbonyl (C=O) groups is 1. The maximum atomic E-state index is 13.3. The van der Waals surface area contributed by atoms with Crippen molar-refractivity contribution in [1.29, 1.82) is 0 Å². The molecule has 0 aliphatic heterocycles. The minimum atomic E-state index is -4.01. The number of rotatable bonds is 14. The number of halogens is 1. The summed E-state index contributed by atoms with van der Waals surface area (Å²) >= 11 is 0. The Balaban J connectivity index is 0.000000301. The maximum absolute atomic E-state index is 13.3. The average Bonchev–Trinajstić information content (AvgIpc) is 3.01. The average molecular weight is 834 g/mol. The molecule has 0 heterocycles. The molecule has 4 N–H and O–H groups in total. The number of carbonyl (C=O) groups excluding carboxylic acids is 1. The lowest BCUT2D eigenvalue weighted by Gasteiger charge is -2.18. The van der Waals surface area contributed by atoms with Crippen LogP contribution in [0.25, 0.3) is 0 Å². The van der Waals surface area contributed by atoms with Gasteiger partial charge in [0.05, 0.1) is 32.9 Å². The predicted octanol–water partition coefficient (Wildman–Crippen LogP) is 6.21. The van der Waals surface area contributed by atoms with Crippen LogP contribution in [-0.2, 0) is 34.3 Å². The van der Waals surface area contributed by atoms with E-state index in [9.17, 15) is 34.4 Å². The van der Waals surface area contributed by atoms with Gasteiger partial charge in [-0.3, -0.25) is 8.98 Å². The topological polar surface area (TPSA) is 188 Å². The molecule has 4 aromatic rings. The molecule has 0 aliphatic carbocycles.